The first kappa shape index (κ1) is 16.1. The first-order valence-corrected chi connectivity index (χ1v) is 12.4. The average Bonchev–Trinajstić information content (AvgIpc) is 1.95. The fraction of sp³-hybridized carbons (Fsp3) is 0.636. The van der Waals surface area contributed by atoms with Crippen molar-refractivity contribution in [2.75, 3.05) is 0 Å². The fourth-order valence-electron chi connectivity index (χ4n) is 0.970. The molecule has 17 heavy (non-hydrogen) atoms. The van der Waals surface area contributed by atoms with E-state index in [1.54, 1.807) is 0 Å². The van der Waals surface area contributed by atoms with E-state index in [0.717, 1.165) is 0 Å². The topological polar surface area (TPSA) is 52.6 Å². The molecule has 0 aromatic carbocycles. The summed E-state index contributed by atoms with van der Waals surface area (Å²) in [5.41, 5.74) is 0. The maximum Gasteiger partial charge on any atom is 0.317 e. The van der Waals surface area contributed by atoms with E-state index >= 15 is 0 Å². The molecule has 0 aromatic heterocycles. The van der Waals surface area contributed by atoms with Crippen molar-refractivity contribution in [1.29, 1.82) is 0 Å². The van der Waals surface area contributed by atoms with Gasteiger partial charge in [0.2, 0.25) is 16.6 Å². The molecule has 0 atom stereocenters. The summed E-state index contributed by atoms with van der Waals surface area (Å²) in [7, 11) is -3.67. The van der Waals surface area contributed by atoms with E-state index in [-0.39, 0.29) is 18.4 Å². The molecule has 0 aromatic rings. The van der Waals surface area contributed by atoms with Crippen molar-refractivity contribution in [3.8, 4) is 0 Å². The number of hydrogen-bond acceptors (Lipinski definition) is 4. The van der Waals surface area contributed by atoms with Crippen LogP contribution in [0.5, 0.6) is 0 Å². The van der Waals surface area contributed by atoms with Crippen LogP contribution in [0.25, 0.3) is 0 Å². The minimum absolute atomic E-state index is 0.116. The zero-order chi connectivity index (χ0) is 13.7. The zero-order valence-corrected chi connectivity index (χ0v) is 13.5. The lowest BCUT2D eigenvalue weighted by Crippen LogP contribution is -2.29. The van der Waals surface area contributed by atoms with Crippen molar-refractivity contribution in [1.82, 2.24) is 0 Å². The molecule has 0 N–H and O–H groups in total. The molecule has 0 aliphatic heterocycles. The Hall–Kier alpha value is -0.886. The molecule has 0 aliphatic carbocycles. The Morgan fingerprint density at radius 3 is 1.82 bits per heavy atom. The van der Waals surface area contributed by atoms with Gasteiger partial charge in [0, 0.05) is 6.08 Å². The van der Waals surface area contributed by atoms with Crippen molar-refractivity contribution < 1.29 is 18.4 Å². The quantitative estimate of drug-likeness (QED) is 0.571. The lowest BCUT2D eigenvalue weighted by Gasteiger charge is -2.16. The normalized spacial score (nSPS) is 12.6. The summed E-state index contributed by atoms with van der Waals surface area (Å²) < 4.78 is 10.4. The molecule has 0 bridgehead atoms. The number of carbonyl (C=O) groups is 2. The lowest BCUT2D eigenvalue weighted by molar-refractivity contribution is -0.134. The summed E-state index contributed by atoms with van der Waals surface area (Å²) in [6, 6.07) is 0. The average molecular weight is 274 g/mol. The van der Waals surface area contributed by atoms with Crippen LogP contribution in [0.4, 0.5) is 0 Å². The summed E-state index contributed by atoms with van der Waals surface area (Å²) in [5, 5.41) is 0. The van der Waals surface area contributed by atoms with Gasteiger partial charge >= 0.3 is 5.97 Å². The van der Waals surface area contributed by atoms with Crippen molar-refractivity contribution in [2.24, 2.45) is 0 Å². The summed E-state index contributed by atoms with van der Waals surface area (Å²) >= 11 is 0. The highest BCUT2D eigenvalue weighted by Crippen LogP contribution is 2.06. The number of rotatable bonds is 5. The van der Waals surface area contributed by atoms with E-state index in [2.05, 4.69) is 0 Å². The molecule has 0 rings (SSSR count). The molecule has 0 unspecified atom stereocenters. The predicted molar refractivity (Wildman–Crippen MR) is 72.6 cm³/mol. The first-order valence-electron chi connectivity index (χ1n) is 5.61. The van der Waals surface area contributed by atoms with Gasteiger partial charge < -0.3 is 8.85 Å². The third kappa shape index (κ3) is 11.4. The SMILES string of the molecule is C[Si](C)(C)OC(=O)/C=C/CC(=O)O[Si](C)(C)C. The Bertz CT molecular complexity index is 310. The van der Waals surface area contributed by atoms with Crippen LogP contribution in [0.1, 0.15) is 6.42 Å². The minimum Gasteiger partial charge on any atom is -0.520 e. The maximum absolute atomic E-state index is 11.3. The lowest BCUT2D eigenvalue weighted by atomic mass is 10.4. The molecule has 98 valence electrons. The van der Waals surface area contributed by atoms with E-state index in [4.69, 9.17) is 8.85 Å². The van der Waals surface area contributed by atoms with Crippen LogP contribution in [-0.2, 0) is 18.4 Å². The predicted octanol–water partition coefficient (Wildman–Crippen LogP) is 2.69. The van der Waals surface area contributed by atoms with Crippen LogP contribution in [0.3, 0.4) is 0 Å². The van der Waals surface area contributed by atoms with E-state index < -0.39 is 16.6 Å². The third-order valence-electron chi connectivity index (χ3n) is 1.37. The summed E-state index contributed by atoms with van der Waals surface area (Å²) in [6.45, 7) is 11.6. The highest BCUT2D eigenvalue weighted by molar-refractivity contribution is 6.71. The van der Waals surface area contributed by atoms with Crippen molar-refractivity contribution in [2.45, 2.75) is 45.7 Å². The Morgan fingerprint density at radius 1 is 0.941 bits per heavy atom. The van der Waals surface area contributed by atoms with Crippen LogP contribution in [0.2, 0.25) is 39.3 Å². The molecule has 0 saturated carbocycles. The van der Waals surface area contributed by atoms with Crippen LogP contribution < -0.4 is 0 Å². The molecule has 0 saturated heterocycles. The van der Waals surface area contributed by atoms with E-state index in [9.17, 15) is 9.59 Å². The van der Waals surface area contributed by atoms with Crippen LogP contribution in [0, 0.1) is 0 Å². The van der Waals surface area contributed by atoms with Gasteiger partial charge in [0.1, 0.15) is 0 Å². The van der Waals surface area contributed by atoms with E-state index in [1.165, 1.54) is 12.2 Å². The number of hydrogen-bond donors (Lipinski definition) is 0. The summed E-state index contributed by atoms with van der Waals surface area (Å²) in [5.74, 6) is -0.675. The minimum atomic E-state index is -1.85. The maximum atomic E-state index is 11.3. The van der Waals surface area contributed by atoms with Crippen LogP contribution in [0.15, 0.2) is 12.2 Å². The second-order valence-corrected chi connectivity index (χ2v) is 14.6. The van der Waals surface area contributed by atoms with Gasteiger partial charge in [-0.05, 0) is 39.3 Å². The molecular formula is C11H22O4Si2. The zero-order valence-electron chi connectivity index (χ0n) is 11.5. The Morgan fingerprint density at radius 2 is 1.41 bits per heavy atom. The molecule has 4 nitrogen and oxygen atoms in total. The second-order valence-electron chi connectivity index (χ2n) is 5.73. The largest absolute Gasteiger partial charge is 0.520 e. The first-order chi connectivity index (χ1) is 7.49. The van der Waals surface area contributed by atoms with Gasteiger partial charge in [-0.25, -0.2) is 4.79 Å². The molecule has 0 amide bonds. The highest BCUT2D eigenvalue weighted by atomic mass is 28.4. The van der Waals surface area contributed by atoms with Gasteiger partial charge in [0.25, 0.3) is 5.97 Å². The van der Waals surface area contributed by atoms with Gasteiger partial charge in [-0.3, -0.25) is 4.79 Å². The molecule has 0 fully saturated rings. The van der Waals surface area contributed by atoms with Gasteiger partial charge in [-0.15, -0.1) is 0 Å². The standard InChI is InChI=1S/C11H22O4Si2/c1-16(2,3)14-10(12)8-7-9-11(13)15-17(4,5)6/h7-8H,9H2,1-6H3/b8-7+. The highest BCUT2D eigenvalue weighted by Gasteiger charge is 2.20. The molecule has 0 aliphatic rings. The summed E-state index contributed by atoms with van der Waals surface area (Å²) in [4.78, 5) is 22.7. The van der Waals surface area contributed by atoms with Gasteiger partial charge in [-0.2, -0.15) is 0 Å². The molecule has 0 radical (unpaired) electrons. The Kier molecular flexibility index (Phi) is 5.84. The van der Waals surface area contributed by atoms with E-state index in [1.807, 2.05) is 39.3 Å². The smallest absolute Gasteiger partial charge is 0.317 e. The van der Waals surface area contributed by atoms with Crippen molar-refractivity contribution >= 4 is 28.6 Å². The van der Waals surface area contributed by atoms with Gasteiger partial charge in [0.05, 0.1) is 6.42 Å². The Balaban J connectivity index is 4.04. The third-order valence-corrected chi connectivity index (χ3v) is 3.02. The second kappa shape index (κ2) is 6.16. The molecule has 0 spiro atoms. The fourth-order valence-corrected chi connectivity index (χ4v) is 2.41. The number of carbonyl (C=O) groups excluding carboxylic acids is 2. The van der Waals surface area contributed by atoms with Crippen molar-refractivity contribution in [3.05, 3.63) is 12.2 Å². The summed E-state index contributed by atoms with van der Waals surface area (Å²) in [6.07, 6.45) is 2.90. The molecule has 6 heteroatoms. The monoisotopic (exact) mass is 274 g/mol. The molecule has 0 heterocycles. The van der Waals surface area contributed by atoms with Gasteiger partial charge in [-0.1, -0.05) is 6.08 Å². The molecular weight excluding hydrogens is 252 g/mol. The van der Waals surface area contributed by atoms with E-state index in [0.29, 0.717) is 0 Å². The van der Waals surface area contributed by atoms with Gasteiger partial charge in [0.15, 0.2) is 0 Å². The van der Waals surface area contributed by atoms with Crippen LogP contribution in [-0.4, -0.2) is 28.6 Å². The Labute approximate surface area is 105 Å². The van der Waals surface area contributed by atoms with Crippen molar-refractivity contribution in [3.63, 3.8) is 0 Å². The van der Waals surface area contributed by atoms with Crippen LogP contribution >= 0.6 is 0 Å².